The number of carbonyl (C=O) groups is 1. The third-order valence-corrected chi connectivity index (χ3v) is 3.70. The number of amides is 1. The summed E-state index contributed by atoms with van der Waals surface area (Å²) in [5.74, 6) is 0.0685. The van der Waals surface area contributed by atoms with Crippen molar-refractivity contribution in [3.05, 3.63) is 29.3 Å². The molecule has 1 saturated heterocycles. The number of anilines is 1. The Labute approximate surface area is 124 Å². The highest BCUT2D eigenvalue weighted by molar-refractivity contribution is 6.30. The van der Waals surface area contributed by atoms with Gasteiger partial charge in [-0.1, -0.05) is 17.7 Å². The summed E-state index contributed by atoms with van der Waals surface area (Å²) < 4.78 is 0. The summed E-state index contributed by atoms with van der Waals surface area (Å²) in [7, 11) is 1.88. The molecular weight excluding hydrogens is 276 g/mol. The molecule has 0 spiro atoms. The maximum absolute atomic E-state index is 12.5. The lowest BCUT2D eigenvalue weighted by Gasteiger charge is -2.29. The molecule has 1 unspecified atom stereocenters. The predicted octanol–water partition coefficient (Wildman–Crippen LogP) is 2.15. The number of likely N-dealkylation sites (N-methyl/N-ethyl adjacent to an activating group) is 1. The molecule has 2 rings (SSSR count). The molecule has 1 N–H and O–H groups in total. The minimum Gasteiger partial charge on any atom is -0.389 e. The van der Waals surface area contributed by atoms with Gasteiger partial charge >= 0.3 is 0 Å². The van der Waals surface area contributed by atoms with Crippen molar-refractivity contribution in [1.29, 1.82) is 0 Å². The van der Waals surface area contributed by atoms with Gasteiger partial charge in [0.15, 0.2) is 0 Å². The number of hydrogen-bond donors (Lipinski definition) is 1. The maximum Gasteiger partial charge on any atom is 0.244 e. The van der Waals surface area contributed by atoms with Crippen molar-refractivity contribution in [2.45, 2.75) is 31.9 Å². The zero-order valence-electron chi connectivity index (χ0n) is 12.1. The standard InChI is InChI=1S/C15H21ClN2O2/c1-15(2,20)10-17(3)13-7-8-18(14(13)19)12-6-4-5-11(16)9-12/h4-6,9,13,20H,7-8,10H2,1-3H3. The molecule has 1 amide bonds. The van der Waals surface area contributed by atoms with Crippen molar-refractivity contribution >= 4 is 23.2 Å². The fourth-order valence-corrected chi connectivity index (χ4v) is 2.88. The van der Waals surface area contributed by atoms with Crippen LogP contribution in [0.3, 0.4) is 0 Å². The summed E-state index contributed by atoms with van der Waals surface area (Å²) in [5.41, 5.74) is 0.0278. The first-order chi connectivity index (χ1) is 9.28. The number of nitrogens with zero attached hydrogens (tertiary/aromatic N) is 2. The predicted molar refractivity (Wildman–Crippen MR) is 81.1 cm³/mol. The van der Waals surface area contributed by atoms with Crippen LogP contribution in [-0.4, -0.2) is 47.7 Å². The quantitative estimate of drug-likeness (QED) is 0.926. The molecule has 1 aliphatic heterocycles. The minimum absolute atomic E-state index is 0.0685. The summed E-state index contributed by atoms with van der Waals surface area (Å²) in [6.07, 6.45) is 0.762. The number of aliphatic hydroxyl groups is 1. The second kappa shape index (κ2) is 5.72. The fourth-order valence-electron chi connectivity index (χ4n) is 2.69. The Balaban J connectivity index is 2.10. The molecule has 4 nitrogen and oxygen atoms in total. The van der Waals surface area contributed by atoms with Gasteiger partial charge in [-0.05, 0) is 45.5 Å². The zero-order chi connectivity index (χ0) is 14.9. The van der Waals surface area contributed by atoms with Crippen LogP contribution in [0.15, 0.2) is 24.3 Å². The van der Waals surface area contributed by atoms with Gasteiger partial charge in [0.2, 0.25) is 5.91 Å². The normalized spacial score (nSPS) is 20.0. The molecule has 0 saturated carbocycles. The number of halogens is 1. The molecule has 0 aliphatic carbocycles. The molecule has 0 radical (unpaired) electrons. The molecule has 1 atom stereocenters. The first kappa shape index (κ1) is 15.3. The average Bonchev–Trinajstić information content (AvgIpc) is 2.69. The van der Waals surface area contributed by atoms with Crippen molar-refractivity contribution in [2.24, 2.45) is 0 Å². The molecule has 0 aromatic heterocycles. The molecule has 1 aromatic rings. The van der Waals surface area contributed by atoms with Gasteiger partial charge in [-0.15, -0.1) is 0 Å². The van der Waals surface area contributed by atoms with E-state index >= 15 is 0 Å². The highest BCUT2D eigenvalue weighted by atomic mass is 35.5. The molecule has 1 fully saturated rings. The second-order valence-electron chi connectivity index (χ2n) is 6.00. The topological polar surface area (TPSA) is 43.8 Å². The van der Waals surface area contributed by atoms with Gasteiger partial charge in [-0.2, -0.15) is 0 Å². The third-order valence-electron chi connectivity index (χ3n) is 3.47. The summed E-state index contributed by atoms with van der Waals surface area (Å²) in [4.78, 5) is 16.2. The van der Waals surface area contributed by atoms with Crippen molar-refractivity contribution in [3.8, 4) is 0 Å². The van der Waals surface area contributed by atoms with Crippen LogP contribution >= 0.6 is 11.6 Å². The van der Waals surface area contributed by atoms with Crippen molar-refractivity contribution in [3.63, 3.8) is 0 Å². The summed E-state index contributed by atoms with van der Waals surface area (Å²) in [6, 6.07) is 7.16. The Bertz CT molecular complexity index is 499. The average molecular weight is 297 g/mol. The van der Waals surface area contributed by atoms with Crippen LogP contribution in [0.5, 0.6) is 0 Å². The molecule has 1 aromatic carbocycles. The molecule has 1 aliphatic rings. The summed E-state index contributed by atoms with van der Waals surface area (Å²) in [6.45, 7) is 4.64. The van der Waals surface area contributed by atoms with Crippen LogP contribution in [0.1, 0.15) is 20.3 Å². The van der Waals surface area contributed by atoms with Gasteiger partial charge in [0.05, 0.1) is 11.6 Å². The number of carbonyl (C=O) groups excluding carboxylic acids is 1. The Hall–Kier alpha value is -1.10. The Morgan fingerprint density at radius 1 is 1.50 bits per heavy atom. The lowest BCUT2D eigenvalue weighted by atomic mass is 10.1. The van der Waals surface area contributed by atoms with Gasteiger partial charge < -0.3 is 10.0 Å². The van der Waals surface area contributed by atoms with E-state index in [1.54, 1.807) is 30.9 Å². The Morgan fingerprint density at radius 3 is 2.80 bits per heavy atom. The molecule has 20 heavy (non-hydrogen) atoms. The monoisotopic (exact) mass is 296 g/mol. The minimum atomic E-state index is -0.807. The first-order valence-electron chi connectivity index (χ1n) is 6.77. The number of hydrogen-bond acceptors (Lipinski definition) is 3. The fraction of sp³-hybridized carbons (Fsp3) is 0.533. The summed E-state index contributed by atoms with van der Waals surface area (Å²) >= 11 is 5.98. The van der Waals surface area contributed by atoms with Crippen LogP contribution in [0, 0.1) is 0 Å². The first-order valence-corrected chi connectivity index (χ1v) is 7.15. The highest BCUT2D eigenvalue weighted by Gasteiger charge is 2.36. The van der Waals surface area contributed by atoms with E-state index in [-0.39, 0.29) is 11.9 Å². The zero-order valence-corrected chi connectivity index (χ0v) is 12.9. The molecule has 1 heterocycles. The van der Waals surface area contributed by atoms with Crippen molar-refractivity contribution in [1.82, 2.24) is 4.90 Å². The second-order valence-corrected chi connectivity index (χ2v) is 6.44. The van der Waals surface area contributed by atoms with E-state index < -0.39 is 5.60 Å². The van der Waals surface area contributed by atoms with E-state index in [0.29, 0.717) is 18.1 Å². The smallest absolute Gasteiger partial charge is 0.244 e. The number of benzene rings is 1. The van der Waals surface area contributed by atoms with E-state index in [2.05, 4.69) is 0 Å². The third kappa shape index (κ3) is 3.51. The van der Waals surface area contributed by atoms with E-state index in [9.17, 15) is 9.90 Å². The molecule has 5 heteroatoms. The van der Waals surface area contributed by atoms with Crippen LogP contribution in [-0.2, 0) is 4.79 Å². The van der Waals surface area contributed by atoms with Gasteiger partial charge in [0.25, 0.3) is 0 Å². The lowest BCUT2D eigenvalue weighted by Crippen LogP contribution is -2.45. The van der Waals surface area contributed by atoms with E-state index in [1.807, 2.05) is 24.1 Å². The van der Waals surface area contributed by atoms with Crippen LogP contribution in [0.4, 0.5) is 5.69 Å². The van der Waals surface area contributed by atoms with Crippen LogP contribution in [0.25, 0.3) is 0 Å². The maximum atomic E-state index is 12.5. The Morgan fingerprint density at radius 2 is 2.20 bits per heavy atom. The lowest BCUT2D eigenvalue weighted by molar-refractivity contribution is -0.122. The largest absolute Gasteiger partial charge is 0.389 e. The van der Waals surface area contributed by atoms with E-state index in [4.69, 9.17) is 11.6 Å². The highest BCUT2D eigenvalue weighted by Crippen LogP contribution is 2.26. The molecule has 0 bridgehead atoms. The van der Waals surface area contributed by atoms with E-state index in [0.717, 1.165) is 12.1 Å². The molecule has 110 valence electrons. The molecular formula is C15H21ClN2O2. The number of rotatable bonds is 4. The van der Waals surface area contributed by atoms with Gasteiger partial charge in [-0.25, -0.2) is 0 Å². The Kier molecular flexibility index (Phi) is 4.37. The van der Waals surface area contributed by atoms with Crippen molar-refractivity contribution < 1.29 is 9.90 Å². The van der Waals surface area contributed by atoms with Crippen LogP contribution < -0.4 is 4.90 Å². The van der Waals surface area contributed by atoms with E-state index in [1.165, 1.54) is 0 Å². The SMILES string of the molecule is CN(CC(C)(C)O)C1CCN(c2cccc(Cl)c2)C1=O. The van der Waals surface area contributed by atoms with Crippen molar-refractivity contribution in [2.75, 3.05) is 25.0 Å². The van der Waals surface area contributed by atoms with Gasteiger partial charge in [0, 0.05) is 23.8 Å². The summed E-state index contributed by atoms with van der Waals surface area (Å²) in [5, 5.41) is 10.5. The van der Waals surface area contributed by atoms with Gasteiger partial charge in [0.1, 0.15) is 0 Å². The van der Waals surface area contributed by atoms with Gasteiger partial charge in [-0.3, -0.25) is 9.69 Å². The van der Waals surface area contributed by atoms with Crippen LogP contribution in [0.2, 0.25) is 5.02 Å².